The summed E-state index contributed by atoms with van der Waals surface area (Å²) in [6, 6.07) is -0.256. The SMILES string of the molecule is CCCC(=O)O[C@H]1[C@H]2[C@H](O)CCCN2C[C@H]1OC(=O)CCC. The summed E-state index contributed by atoms with van der Waals surface area (Å²) in [5.41, 5.74) is 0. The summed E-state index contributed by atoms with van der Waals surface area (Å²) in [7, 11) is 0. The van der Waals surface area contributed by atoms with E-state index in [0.29, 0.717) is 32.2 Å². The Balaban J connectivity index is 2.08. The maximum atomic E-state index is 11.9. The number of carbonyl (C=O) groups is 2. The highest BCUT2D eigenvalue weighted by molar-refractivity contribution is 5.70. The van der Waals surface area contributed by atoms with Gasteiger partial charge in [0.05, 0.1) is 12.1 Å². The van der Waals surface area contributed by atoms with Crippen molar-refractivity contribution in [1.29, 1.82) is 0 Å². The summed E-state index contributed by atoms with van der Waals surface area (Å²) >= 11 is 0. The summed E-state index contributed by atoms with van der Waals surface area (Å²) in [6.07, 6.45) is 2.16. The predicted molar refractivity (Wildman–Crippen MR) is 80.2 cm³/mol. The minimum Gasteiger partial charge on any atom is -0.457 e. The van der Waals surface area contributed by atoms with Crippen LogP contribution in [-0.4, -0.2) is 59.4 Å². The van der Waals surface area contributed by atoms with Crippen LogP contribution < -0.4 is 0 Å². The molecule has 4 atom stereocenters. The van der Waals surface area contributed by atoms with Crippen molar-refractivity contribution < 1.29 is 24.2 Å². The van der Waals surface area contributed by atoms with Crippen LogP contribution in [0.1, 0.15) is 52.4 Å². The van der Waals surface area contributed by atoms with Crippen LogP contribution in [-0.2, 0) is 19.1 Å². The van der Waals surface area contributed by atoms with Crippen molar-refractivity contribution in [3.8, 4) is 0 Å². The number of ether oxygens (including phenoxy) is 2. The average molecular weight is 313 g/mol. The van der Waals surface area contributed by atoms with Crippen molar-refractivity contribution in [1.82, 2.24) is 4.90 Å². The smallest absolute Gasteiger partial charge is 0.306 e. The van der Waals surface area contributed by atoms with Crippen molar-refractivity contribution >= 4 is 11.9 Å². The third kappa shape index (κ3) is 3.98. The van der Waals surface area contributed by atoms with Gasteiger partial charge in [-0.2, -0.15) is 0 Å². The van der Waals surface area contributed by atoms with Gasteiger partial charge < -0.3 is 14.6 Å². The third-order valence-electron chi connectivity index (χ3n) is 4.34. The van der Waals surface area contributed by atoms with E-state index in [1.54, 1.807) is 0 Å². The van der Waals surface area contributed by atoms with E-state index in [1.807, 2.05) is 13.8 Å². The van der Waals surface area contributed by atoms with Crippen LogP contribution in [0.15, 0.2) is 0 Å². The lowest BCUT2D eigenvalue weighted by molar-refractivity contribution is -0.167. The number of aliphatic hydroxyl groups is 1. The summed E-state index contributed by atoms with van der Waals surface area (Å²) in [5, 5.41) is 10.3. The Hall–Kier alpha value is -1.14. The lowest BCUT2D eigenvalue weighted by atomic mass is 9.97. The van der Waals surface area contributed by atoms with Crippen LogP contribution in [0.4, 0.5) is 0 Å². The first-order chi connectivity index (χ1) is 10.6. The maximum absolute atomic E-state index is 11.9. The highest BCUT2D eigenvalue weighted by Gasteiger charge is 2.50. The van der Waals surface area contributed by atoms with Crippen LogP contribution in [0.2, 0.25) is 0 Å². The van der Waals surface area contributed by atoms with Crippen molar-refractivity contribution in [3.63, 3.8) is 0 Å². The first-order valence-corrected chi connectivity index (χ1v) is 8.37. The van der Waals surface area contributed by atoms with Gasteiger partial charge in [-0.1, -0.05) is 13.8 Å². The fraction of sp³-hybridized carbons (Fsp3) is 0.875. The second-order valence-electron chi connectivity index (χ2n) is 6.18. The summed E-state index contributed by atoms with van der Waals surface area (Å²) in [5.74, 6) is -0.554. The van der Waals surface area contributed by atoms with E-state index in [9.17, 15) is 14.7 Å². The molecule has 0 radical (unpaired) electrons. The summed E-state index contributed by atoms with van der Waals surface area (Å²) < 4.78 is 11.1. The monoisotopic (exact) mass is 313 g/mol. The van der Waals surface area contributed by atoms with E-state index in [4.69, 9.17) is 9.47 Å². The molecule has 0 spiro atoms. The highest BCUT2D eigenvalue weighted by Crippen LogP contribution is 2.32. The van der Waals surface area contributed by atoms with Gasteiger partial charge in [-0.05, 0) is 32.2 Å². The zero-order valence-corrected chi connectivity index (χ0v) is 13.5. The van der Waals surface area contributed by atoms with Crippen molar-refractivity contribution in [2.45, 2.75) is 76.7 Å². The Morgan fingerprint density at radius 3 is 2.41 bits per heavy atom. The van der Waals surface area contributed by atoms with Gasteiger partial charge in [0.25, 0.3) is 0 Å². The van der Waals surface area contributed by atoms with Crippen LogP contribution in [0.5, 0.6) is 0 Å². The lowest BCUT2D eigenvalue weighted by Gasteiger charge is -2.35. The van der Waals surface area contributed by atoms with Crippen LogP contribution in [0, 0.1) is 0 Å². The molecule has 126 valence electrons. The predicted octanol–water partition coefficient (Wildman–Crippen LogP) is 1.25. The quantitative estimate of drug-likeness (QED) is 0.744. The number of hydrogen-bond acceptors (Lipinski definition) is 6. The standard InChI is InChI=1S/C16H27NO5/c1-3-6-13(19)21-12-10-17-9-5-8-11(18)15(17)16(12)22-14(20)7-4-2/h11-12,15-16,18H,3-10H2,1-2H3/t11-,12-,15-,16-/m1/s1. The molecule has 2 aliphatic heterocycles. The molecule has 2 fully saturated rings. The van der Waals surface area contributed by atoms with E-state index >= 15 is 0 Å². The van der Waals surface area contributed by atoms with E-state index in [2.05, 4.69) is 4.90 Å². The number of fused-ring (bicyclic) bond motifs is 1. The molecule has 2 aliphatic rings. The second kappa shape index (κ2) is 7.92. The fourth-order valence-corrected chi connectivity index (χ4v) is 3.36. The molecule has 0 amide bonds. The van der Waals surface area contributed by atoms with Crippen LogP contribution in [0.25, 0.3) is 0 Å². The zero-order chi connectivity index (χ0) is 16.1. The fourth-order valence-electron chi connectivity index (χ4n) is 3.36. The molecule has 0 aromatic rings. The number of esters is 2. The van der Waals surface area contributed by atoms with Crippen LogP contribution >= 0.6 is 0 Å². The molecule has 0 unspecified atom stereocenters. The lowest BCUT2D eigenvalue weighted by Crippen LogP contribution is -2.50. The van der Waals surface area contributed by atoms with Gasteiger partial charge in [0.1, 0.15) is 0 Å². The molecule has 6 nitrogen and oxygen atoms in total. The van der Waals surface area contributed by atoms with Gasteiger partial charge >= 0.3 is 11.9 Å². The van der Waals surface area contributed by atoms with E-state index in [1.165, 1.54) is 0 Å². The van der Waals surface area contributed by atoms with Gasteiger partial charge in [-0.25, -0.2) is 0 Å². The molecule has 1 N–H and O–H groups in total. The molecule has 0 aromatic carbocycles. The number of piperidine rings is 1. The van der Waals surface area contributed by atoms with Gasteiger partial charge in [-0.3, -0.25) is 14.5 Å². The molecule has 6 heteroatoms. The average Bonchev–Trinajstić information content (AvgIpc) is 2.78. The molecule has 0 bridgehead atoms. The molecule has 0 saturated carbocycles. The Labute approximate surface area is 131 Å². The Kier molecular flexibility index (Phi) is 6.20. The Bertz CT molecular complexity index is 400. The van der Waals surface area contributed by atoms with Gasteiger partial charge in [0, 0.05) is 19.4 Å². The summed E-state index contributed by atoms with van der Waals surface area (Å²) in [6.45, 7) is 5.20. The molecule has 2 heterocycles. The second-order valence-corrected chi connectivity index (χ2v) is 6.18. The topological polar surface area (TPSA) is 76.1 Å². The van der Waals surface area contributed by atoms with Gasteiger partial charge in [0.2, 0.25) is 0 Å². The number of aliphatic hydroxyl groups excluding tert-OH is 1. The van der Waals surface area contributed by atoms with E-state index in [-0.39, 0.29) is 18.0 Å². The molecular weight excluding hydrogens is 286 g/mol. The molecule has 0 aliphatic carbocycles. The molecule has 22 heavy (non-hydrogen) atoms. The first-order valence-electron chi connectivity index (χ1n) is 8.37. The van der Waals surface area contributed by atoms with Crippen molar-refractivity contribution in [3.05, 3.63) is 0 Å². The number of hydrogen-bond donors (Lipinski definition) is 1. The molecule has 2 saturated heterocycles. The van der Waals surface area contributed by atoms with E-state index < -0.39 is 18.3 Å². The number of nitrogens with zero attached hydrogens (tertiary/aromatic N) is 1. The largest absolute Gasteiger partial charge is 0.457 e. The first kappa shape index (κ1) is 17.2. The highest BCUT2D eigenvalue weighted by atomic mass is 16.6. The number of carbonyl (C=O) groups excluding carboxylic acids is 2. The zero-order valence-electron chi connectivity index (χ0n) is 13.5. The Morgan fingerprint density at radius 1 is 1.14 bits per heavy atom. The van der Waals surface area contributed by atoms with Crippen molar-refractivity contribution in [2.75, 3.05) is 13.1 Å². The van der Waals surface area contributed by atoms with Gasteiger partial charge in [-0.15, -0.1) is 0 Å². The Morgan fingerprint density at radius 2 is 1.77 bits per heavy atom. The molecule has 0 aromatic heterocycles. The normalized spacial score (nSPS) is 31.6. The number of rotatable bonds is 6. The maximum Gasteiger partial charge on any atom is 0.306 e. The van der Waals surface area contributed by atoms with Crippen LogP contribution in [0.3, 0.4) is 0 Å². The minimum absolute atomic E-state index is 0.256. The molecular formula is C16H27NO5. The van der Waals surface area contributed by atoms with Crippen molar-refractivity contribution in [2.24, 2.45) is 0 Å². The molecule has 2 rings (SSSR count). The van der Waals surface area contributed by atoms with E-state index in [0.717, 1.165) is 19.4 Å². The summed E-state index contributed by atoms with van der Waals surface area (Å²) in [4.78, 5) is 25.8. The minimum atomic E-state index is -0.560. The van der Waals surface area contributed by atoms with Gasteiger partial charge in [0.15, 0.2) is 12.2 Å². The third-order valence-corrected chi connectivity index (χ3v) is 4.34.